The van der Waals surface area contributed by atoms with E-state index >= 15 is 0 Å². The highest BCUT2D eigenvalue weighted by Gasteiger charge is 2.42. The minimum atomic E-state index is -5.84. The van der Waals surface area contributed by atoms with Crippen molar-refractivity contribution in [3.8, 4) is 5.75 Å². The Hall–Kier alpha value is -1.05. The van der Waals surface area contributed by atoms with Gasteiger partial charge in [-0.05, 0) is 0 Å². The highest BCUT2D eigenvalue weighted by Crippen LogP contribution is 2.45. The van der Waals surface area contributed by atoms with E-state index in [2.05, 4.69) is 0 Å². The van der Waals surface area contributed by atoms with E-state index in [9.17, 15) is 38.8 Å². The fraction of sp³-hybridized carbons (Fsp3) is 0. The zero-order chi connectivity index (χ0) is 19.5. The molecule has 0 bridgehead atoms. The highest BCUT2D eigenvalue weighted by molar-refractivity contribution is 7.90. The number of rotatable bonds is 4. The third-order valence-corrected chi connectivity index (χ3v) is 6.81. The Morgan fingerprint density at radius 3 is 0.917 bits per heavy atom. The van der Waals surface area contributed by atoms with E-state index < -0.39 is 70.8 Å². The van der Waals surface area contributed by atoms with E-state index in [0.717, 1.165) is 0 Å². The molecular weight excluding hydrogens is 444 g/mol. The van der Waals surface area contributed by atoms with Crippen molar-refractivity contribution in [3.63, 3.8) is 0 Å². The van der Waals surface area contributed by atoms with Gasteiger partial charge in [0.05, 0.1) is 5.02 Å². The zero-order valence-electron chi connectivity index (χ0n) is 10.5. The van der Waals surface area contributed by atoms with Crippen LogP contribution in [-0.2, 0) is 40.5 Å². The molecule has 0 radical (unpaired) electrons. The van der Waals surface area contributed by atoms with E-state index in [1.807, 2.05) is 0 Å². The second-order valence-corrected chi connectivity index (χ2v) is 9.69. The number of benzene rings is 1. The average Bonchev–Trinajstić information content (AvgIpc) is 2.24. The molecule has 0 aliphatic carbocycles. The summed E-state index contributed by atoms with van der Waals surface area (Å²) < 4.78 is 125. The van der Waals surface area contributed by atoms with Gasteiger partial charge in [0.2, 0.25) is 0 Å². The van der Waals surface area contributed by atoms with Crippen LogP contribution in [0.1, 0.15) is 0 Å². The largest absolute Gasteiger partial charge is 0.505 e. The Morgan fingerprint density at radius 1 is 0.542 bits per heavy atom. The summed E-state index contributed by atoms with van der Waals surface area (Å²) in [4.78, 5) is -8.78. The number of phenols is 1. The zero-order valence-corrected chi connectivity index (χ0v) is 14.5. The van der Waals surface area contributed by atoms with E-state index in [1.165, 1.54) is 0 Å². The third-order valence-electron chi connectivity index (χ3n) is 2.27. The lowest BCUT2D eigenvalue weighted by Crippen LogP contribution is -2.17. The molecule has 0 aliphatic rings. The van der Waals surface area contributed by atoms with Crippen LogP contribution in [0.25, 0.3) is 0 Å². The van der Waals surface area contributed by atoms with E-state index in [4.69, 9.17) is 29.8 Å². The Morgan fingerprint density at radius 2 is 0.750 bits per heavy atom. The Bertz CT molecular complexity index is 957. The van der Waals surface area contributed by atoms with Crippen LogP contribution < -0.4 is 0 Å². The van der Waals surface area contributed by atoms with Crippen LogP contribution >= 0.6 is 11.6 Å². The second-order valence-electron chi connectivity index (χ2n) is 3.88. The monoisotopic (exact) mass is 448 g/mol. The fourth-order valence-electron chi connectivity index (χ4n) is 1.56. The van der Waals surface area contributed by atoms with E-state index in [-0.39, 0.29) is 0 Å². The third kappa shape index (κ3) is 3.78. The summed E-state index contributed by atoms with van der Waals surface area (Å²) >= 11 is 5.23. The normalized spacial score (nSPS) is 13.9. The first kappa shape index (κ1) is 21.0. The van der Waals surface area contributed by atoms with Gasteiger partial charge in [-0.25, -0.2) is 0 Å². The molecule has 1 aromatic rings. The summed E-state index contributed by atoms with van der Waals surface area (Å²) in [6.45, 7) is 0. The lowest BCUT2D eigenvalue weighted by Gasteiger charge is -2.15. The van der Waals surface area contributed by atoms with Crippen molar-refractivity contribution in [2.75, 3.05) is 0 Å². The summed E-state index contributed by atoms with van der Waals surface area (Å²) in [5, 5.41) is 7.65. The molecule has 0 amide bonds. The molecule has 0 aromatic heterocycles. The average molecular weight is 449 g/mol. The minimum Gasteiger partial charge on any atom is -0.505 e. The smallest absolute Gasteiger partial charge is 0.299 e. The molecule has 24 heavy (non-hydrogen) atoms. The van der Waals surface area contributed by atoms with Crippen molar-refractivity contribution in [2.45, 2.75) is 19.6 Å². The first-order valence-electron chi connectivity index (χ1n) is 4.79. The number of aromatic hydroxyl groups is 1. The summed E-state index contributed by atoms with van der Waals surface area (Å²) in [5.41, 5.74) is 0. The van der Waals surface area contributed by atoms with Crippen molar-refractivity contribution in [1.82, 2.24) is 0 Å². The van der Waals surface area contributed by atoms with E-state index in [0.29, 0.717) is 0 Å². The predicted molar refractivity (Wildman–Crippen MR) is 72.4 cm³/mol. The van der Waals surface area contributed by atoms with Gasteiger partial charge in [-0.1, -0.05) is 11.6 Å². The maximum Gasteiger partial charge on any atom is 0.299 e. The first-order valence-corrected chi connectivity index (χ1v) is 10.9. The predicted octanol–water partition coefficient (Wildman–Crippen LogP) is -0.968. The summed E-state index contributed by atoms with van der Waals surface area (Å²) in [6.07, 6.45) is 0. The molecule has 5 N–H and O–H groups in total. The topological polar surface area (TPSA) is 238 Å². The van der Waals surface area contributed by atoms with Gasteiger partial charge in [0.1, 0.15) is 9.79 Å². The molecule has 0 aliphatic heterocycles. The van der Waals surface area contributed by atoms with Gasteiger partial charge in [0.15, 0.2) is 15.5 Å². The van der Waals surface area contributed by atoms with E-state index in [1.54, 1.807) is 0 Å². The number of hydrogen-bond acceptors (Lipinski definition) is 9. The molecule has 18 heteroatoms. The SMILES string of the molecule is O=S(=O)(O)c1c(O)c(S(=O)(=O)O)c(S(=O)(=O)O)c(Cl)c1S(=O)(=O)O. The molecule has 0 saturated heterocycles. The first-order chi connectivity index (χ1) is 10.3. The molecule has 1 aromatic carbocycles. The number of phenolic OH excluding ortho intramolecular Hbond substituents is 1. The lowest BCUT2D eigenvalue weighted by molar-refractivity contribution is 0.403. The molecular formula is C6H5ClO13S4. The molecule has 0 unspecified atom stereocenters. The van der Waals surface area contributed by atoms with Gasteiger partial charge in [0.25, 0.3) is 40.5 Å². The highest BCUT2D eigenvalue weighted by atomic mass is 35.5. The van der Waals surface area contributed by atoms with Crippen LogP contribution in [0.2, 0.25) is 5.02 Å². The molecule has 0 saturated carbocycles. The lowest BCUT2D eigenvalue weighted by atomic mass is 10.3. The molecule has 0 atom stereocenters. The maximum atomic E-state index is 11.2. The van der Waals surface area contributed by atoms with Crippen molar-refractivity contribution >= 4 is 52.1 Å². The van der Waals surface area contributed by atoms with Gasteiger partial charge < -0.3 is 5.11 Å². The van der Waals surface area contributed by atoms with Crippen LogP contribution in [0.15, 0.2) is 19.6 Å². The van der Waals surface area contributed by atoms with Gasteiger partial charge in [-0.15, -0.1) is 0 Å². The van der Waals surface area contributed by atoms with Crippen LogP contribution in [0, 0.1) is 0 Å². The molecule has 0 spiro atoms. The maximum absolute atomic E-state index is 11.2. The molecule has 13 nitrogen and oxygen atoms in total. The molecule has 0 fully saturated rings. The Balaban J connectivity index is 4.65. The van der Waals surface area contributed by atoms with Crippen LogP contribution in [-0.4, -0.2) is 57.0 Å². The summed E-state index contributed by atoms with van der Waals surface area (Å²) in [7, 11) is -23.3. The minimum absolute atomic E-state index is 1.93. The van der Waals surface area contributed by atoms with Crippen molar-refractivity contribution < 1.29 is 57.0 Å². The van der Waals surface area contributed by atoms with Gasteiger partial charge in [-0.2, -0.15) is 33.7 Å². The quantitative estimate of drug-likeness (QED) is 0.349. The van der Waals surface area contributed by atoms with Crippen LogP contribution in [0.3, 0.4) is 0 Å². The fourth-order valence-corrected chi connectivity index (χ4v) is 6.52. The summed E-state index contributed by atoms with van der Waals surface area (Å²) in [5.74, 6) is -2.33. The molecule has 138 valence electrons. The van der Waals surface area contributed by atoms with Crippen LogP contribution in [0.5, 0.6) is 5.75 Å². The van der Waals surface area contributed by atoms with Crippen molar-refractivity contribution in [3.05, 3.63) is 5.02 Å². The Labute approximate surface area is 139 Å². The van der Waals surface area contributed by atoms with Gasteiger partial charge in [0, 0.05) is 0 Å². The number of hydrogen-bond donors (Lipinski definition) is 5. The van der Waals surface area contributed by atoms with Crippen molar-refractivity contribution in [2.24, 2.45) is 0 Å². The number of halogens is 1. The molecule has 1 rings (SSSR count). The van der Waals surface area contributed by atoms with Crippen molar-refractivity contribution in [1.29, 1.82) is 0 Å². The van der Waals surface area contributed by atoms with Crippen LogP contribution in [0.4, 0.5) is 0 Å². The Kier molecular flexibility index (Phi) is 5.03. The van der Waals surface area contributed by atoms with Gasteiger partial charge in [-0.3, -0.25) is 18.2 Å². The standard InChI is InChI=1S/C6H5ClO13S4/c7-1-3(21(9,10)11)5(23(15,16)17)2(8)6(24(18,19)20)4(1)22(12,13)14/h8H,(H,9,10,11)(H,12,13,14)(H,15,16,17)(H,18,19,20). The van der Waals surface area contributed by atoms with Gasteiger partial charge >= 0.3 is 0 Å². The molecule has 0 heterocycles. The summed E-state index contributed by atoms with van der Waals surface area (Å²) in [6, 6.07) is 0. The second kappa shape index (κ2) is 5.75.